The summed E-state index contributed by atoms with van der Waals surface area (Å²) in [5, 5.41) is 9.41. The lowest BCUT2D eigenvalue weighted by molar-refractivity contribution is -0.123. The number of amides is 4. The van der Waals surface area contributed by atoms with Crippen molar-refractivity contribution in [2.45, 2.75) is 19.0 Å². The van der Waals surface area contributed by atoms with E-state index in [1.165, 1.54) is 11.3 Å². The number of fused-ring (bicyclic) bond motifs is 1. The minimum absolute atomic E-state index is 0.0103. The topological polar surface area (TPSA) is 135 Å². The number of nitrogen functional groups attached to an aromatic ring is 1. The van der Waals surface area contributed by atoms with Crippen LogP contribution in [0.5, 0.6) is 5.75 Å². The molecule has 1 fully saturated rings. The number of anilines is 1. The predicted octanol–water partition coefficient (Wildman–Crippen LogP) is 0.718. The van der Waals surface area contributed by atoms with Crippen LogP contribution in [0.1, 0.15) is 28.5 Å². The molecule has 0 bridgehead atoms. The van der Waals surface area contributed by atoms with E-state index in [4.69, 9.17) is 10.5 Å². The number of hydrogen-bond acceptors (Lipinski definition) is 7. The van der Waals surface area contributed by atoms with E-state index < -0.39 is 17.5 Å². The van der Waals surface area contributed by atoms with E-state index in [1.807, 2.05) is 12.1 Å². The number of rotatable bonds is 2. The van der Waals surface area contributed by atoms with Crippen molar-refractivity contribution in [2.24, 2.45) is 0 Å². The molecule has 4 rings (SSSR count). The minimum Gasteiger partial charge on any atom is -0.497 e. The van der Waals surface area contributed by atoms with E-state index in [0.717, 1.165) is 16.9 Å². The first kappa shape index (κ1) is 17.7. The highest BCUT2D eigenvalue weighted by molar-refractivity contribution is 7.13. The Morgan fingerprint density at radius 3 is 2.65 bits per heavy atom. The third kappa shape index (κ3) is 3.18. The monoisotopic (exact) mass is 375 g/mol. The molecule has 1 atom stereocenters. The first-order valence-corrected chi connectivity index (χ1v) is 8.51. The molecule has 2 aliphatic rings. The van der Waals surface area contributed by atoms with E-state index in [0.29, 0.717) is 17.4 Å². The Bertz CT molecular complexity index is 897. The average Bonchev–Trinajstić information content (AvgIpc) is 3.28. The maximum Gasteiger partial charge on any atom is 0.322 e. The number of ether oxygens (including phenoxy) is 1. The lowest BCUT2D eigenvalue weighted by atomic mass is 10.00. The van der Waals surface area contributed by atoms with Crippen LogP contribution >= 0.6 is 11.3 Å². The molecule has 0 saturated carbocycles. The van der Waals surface area contributed by atoms with Gasteiger partial charge in [-0.1, -0.05) is 6.07 Å². The summed E-state index contributed by atoms with van der Waals surface area (Å²) in [6.45, 7) is 2.22. The van der Waals surface area contributed by atoms with Gasteiger partial charge in [-0.2, -0.15) is 0 Å². The van der Waals surface area contributed by atoms with Gasteiger partial charge in [0.2, 0.25) is 0 Å². The Balaban J connectivity index is 0.000000152. The van der Waals surface area contributed by atoms with Gasteiger partial charge in [0.05, 0.1) is 12.8 Å². The van der Waals surface area contributed by atoms with E-state index in [-0.39, 0.29) is 5.91 Å². The summed E-state index contributed by atoms with van der Waals surface area (Å²) in [7, 11) is 1.59. The fraction of sp³-hybridized carbons (Fsp3) is 0.250. The number of nitrogens with zero attached hydrogens (tertiary/aromatic N) is 1. The van der Waals surface area contributed by atoms with E-state index in [2.05, 4.69) is 20.9 Å². The Labute approximate surface area is 152 Å². The van der Waals surface area contributed by atoms with Crippen LogP contribution in [0, 0.1) is 0 Å². The molecule has 1 aromatic heterocycles. The van der Waals surface area contributed by atoms with Gasteiger partial charge in [-0.05, 0) is 24.6 Å². The molecule has 2 aromatic rings. The largest absolute Gasteiger partial charge is 0.497 e. The van der Waals surface area contributed by atoms with E-state index in [9.17, 15) is 14.4 Å². The first-order chi connectivity index (χ1) is 12.3. The summed E-state index contributed by atoms with van der Waals surface area (Å²) in [4.78, 5) is 37.5. The number of imide groups is 1. The second kappa shape index (κ2) is 6.64. The summed E-state index contributed by atoms with van der Waals surface area (Å²) in [6.07, 6.45) is 0. The Hall–Kier alpha value is -3.14. The number of hydrogen-bond donors (Lipinski definition) is 4. The van der Waals surface area contributed by atoms with Crippen molar-refractivity contribution in [2.75, 3.05) is 12.8 Å². The highest BCUT2D eigenvalue weighted by Gasteiger charge is 2.45. The van der Waals surface area contributed by atoms with Crippen molar-refractivity contribution in [1.82, 2.24) is 20.9 Å². The fourth-order valence-electron chi connectivity index (χ4n) is 2.56. The first-order valence-electron chi connectivity index (χ1n) is 7.63. The normalized spacial score (nSPS) is 20.5. The zero-order chi connectivity index (χ0) is 18.9. The lowest BCUT2D eigenvalue weighted by Crippen LogP contribution is -2.40. The van der Waals surface area contributed by atoms with Crippen LogP contribution in [0.2, 0.25) is 0 Å². The van der Waals surface area contributed by atoms with Crippen molar-refractivity contribution in [1.29, 1.82) is 0 Å². The molecule has 1 saturated heterocycles. The van der Waals surface area contributed by atoms with Gasteiger partial charge in [-0.3, -0.25) is 14.9 Å². The number of methoxy groups -OCH3 is 1. The number of urea groups is 1. The molecule has 1 unspecified atom stereocenters. The molecule has 10 heteroatoms. The van der Waals surface area contributed by atoms with Crippen molar-refractivity contribution in [3.05, 3.63) is 40.4 Å². The predicted molar refractivity (Wildman–Crippen MR) is 94.7 cm³/mol. The van der Waals surface area contributed by atoms with Crippen LogP contribution in [-0.2, 0) is 16.9 Å². The van der Waals surface area contributed by atoms with Gasteiger partial charge >= 0.3 is 6.03 Å². The summed E-state index contributed by atoms with van der Waals surface area (Å²) in [6, 6.07) is 5.02. The number of carbonyl (C=O) groups excluding carboxylic acids is 3. The summed E-state index contributed by atoms with van der Waals surface area (Å²) >= 11 is 1.23. The van der Waals surface area contributed by atoms with E-state index >= 15 is 0 Å². The van der Waals surface area contributed by atoms with Crippen LogP contribution in [0.25, 0.3) is 0 Å². The van der Waals surface area contributed by atoms with Gasteiger partial charge in [0.1, 0.15) is 5.75 Å². The van der Waals surface area contributed by atoms with Crippen LogP contribution in [-0.4, -0.2) is 29.9 Å². The molecule has 2 aliphatic heterocycles. The maximum absolute atomic E-state index is 11.4. The molecule has 3 heterocycles. The lowest BCUT2D eigenvalue weighted by Gasteiger charge is -2.17. The van der Waals surface area contributed by atoms with Gasteiger partial charge in [0.15, 0.2) is 10.7 Å². The van der Waals surface area contributed by atoms with Crippen molar-refractivity contribution in [3.8, 4) is 5.75 Å². The van der Waals surface area contributed by atoms with Gasteiger partial charge in [0, 0.05) is 17.5 Å². The molecule has 5 N–H and O–H groups in total. The smallest absolute Gasteiger partial charge is 0.322 e. The molecule has 9 nitrogen and oxygen atoms in total. The molecule has 4 amide bonds. The van der Waals surface area contributed by atoms with Crippen molar-refractivity contribution in [3.63, 3.8) is 0 Å². The molecule has 0 aliphatic carbocycles. The SMILES string of the molecule is CC1(c2csc(N)n2)NC(=O)NC1=O.COc1ccc2c(c1)C(=O)NC2. The summed E-state index contributed by atoms with van der Waals surface area (Å²) < 4.78 is 5.01. The molecular formula is C16H17N5O4S. The minimum atomic E-state index is -1.09. The Kier molecular flexibility index (Phi) is 4.51. The van der Waals surface area contributed by atoms with Crippen LogP contribution in [0.15, 0.2) is 23.6 Å². The maximum atomic E-state index is 11.4. The van der Waals surface area contributed by atoms with Crippen molar-refractivity contribution >= 4 is 34.3 Å². The molecule has 0 radical (unpaired) electrons. The third-order valence-electron chi connectivity index (χ3n) is 4.08. The van der Waals surface area contributed by atoms with E-state index in [1.54, 1.807) is 25.5 Å². The Morgan fingerprint density at radius 1 is 1.31 bits per heavy atom. The molecule has 136 valence electrons. The van der Waals surface area contributed by atoms with Crippen LogP contribution in [0.3, 0.4) is 0 Å². The average molecular weight is 375 g/mol. The highest BCUT2D eigenvalue weighted by Crippen LogP contribution is 2.26. The van der Waals surface area contributed by atoms with Gasteiger partial charge in [0.25, 0.3) is 11.8 Å². The zero-order valence-electron chi connectivity index (χ0n) is 14.1. The summed E-state index contributed by atoms with van der Waals surface area (Å²) in [5.41, 5.74) is 6.59. The van der Waals surface area contributed by atoms with Crippen molar-refractivity contribution < 1.29 is 19.1 Å². The van der Waals surface area contributed by atoms with Gasteiger partial charge < -0.3 is 21.1 Å². The molecule has 26 heavy (non-hydrogen) atoms. The number of nitrogens with one attached hydrogen (secondary N) is 3. The highest BCUT2D eigenvalue weighted by atomic mass is 32.1. The van der Waals surface area contributed by atoms with Gasteiger partial charge in [-0.15, -0.1) is 11.3 Å². The molecule has 1 aromatic carbocycles. The third-order valence-corrected chi connectivity index (χ3v) is 4.75. The number of thiazole rings is 1. The standard InChI is InChI=1S/C9H9NO2.C7H8N4O2S/c1-12-7-3-2-6-5-10-9(11)8(6)4-7;1-7(3-2-14-5(8)9-3)4(12)10-6(13)11-7/h2-4H,5H2,1H3,(H,10,11);2H,1H3,(H2,8,9)(H2,10,11,12,13). The molecule has 0 spiro atoms. The number of aromatic nitrogens is 1. The fourth-order valence-corrected chi connectivity index (χ4v) is 3.23. The second-order valence-electron chi connectivity index (χ2n) is 5.81. The Morgan fingerprint density at radius 2 is 2.08 bits per heavy atom. The zero-order valence-corrected chi connectivity index (χ0v) is 14.9. The quantitative estimate of drug-likeness (QED) is 0.571. The molecular weight excluding hydrogens is 358 g/mol. The number of benzene rings is 1. The number of nitrogens with two attached hydrogens (primary N) is 1. The van der Waals surface area contributed by atoms with Crippen LogP contribution < -0.4 is 26.4 Å². The second-order valence-corrected chi connectivity index (χ2v) is 6.70. The number of carbonyl (C=O) groups is 3. The summed E-state index contributed by atoms with van der Waals surface area (Å²) in [5.74, 6) is 0.308. The van der Waals surface area contributed by atoms with Crippen LogP contribution in [0.4, 0.5) is 9.93 Å². The van der Waals surface area contributed by atoms with Gasteiger partial charge in [-0.25, -0.2) is 9.78 Å².